The van der Waals surface area contributed by atoms with Crippen LogP contribution in [0, 0.1) is 22.7 Å². The summed E-state index contributed by atoms with van der Waals surface area (Å²) in [6, 6.07) is 52.4. The minimum Gasteiger partial charge on any atom is -0.308 e. The predicted octanol–water partition coefficient (Wildman–Crippen LogP) is 14.8. The molecule has 2 fully saturated rings. The molecule has 15 rings (SSSR count). The van der Waals surface area contributed by atoms with E-state index in [9.17, 15) is 10.5 Å². The van der Waals surface area contributed by atoms with Crippen LogP contribution in [0.25, 0.3) is 82.6 Å². The van der Waals surface area contributed by atoms with Gasteiger partial charge in [0.05, 0.1) is 39.8 Å². The third kappa shape index (κ3) is 4.57. The first-order valence-corrected chi connectivity index (χ1v) is 21.7. The van der Waals surface area contributed by atoms with Crippen LogP contribution in [0.15, 0.2) is 127 Å². The Morgan fingerprint density at radius 2 is 0.797 bits per heavy atom. The molecule has 280 valence electrons. The monoisotopic (exact) mass is 755 g/mol. The van der Waals surface area contributed by atoms with Crippen molar-refractivity contribution in [3.05, 3.63) is 161 Å². The third-order valence-electron chi connectivity index (χ3n) is 15.2. The summed E-state index contributed by atoms with van der Waals surface area (Å²) in [6.45, 7) is 0. The van der Waals surface area contributed by atoms with Crippen molar-refractivity contribution >= 4 is 38.1 Å². The standard InChI is InChI=1S/C56H41N3/c57-30-41-28-47-54(52-37-20-16-35(17-21-37)49(41)52)45-26-40(27-46-55-48(59(47)56(45)46)29-42(31-58)50-36-18-22-38(23-19-36)53(50)55)51-43(33-12-6-2-7-13-33)24-39(32-10-4-1-5-11-32)25-44(51)34-14-8-3-9-15-34/h1-15,24-29,35-38H,16-23H2. The number of rotatable bonds is 4. The van der Waals surface area contributed by atoms with Crippen LogP contribution in [-0.2, 0) is 0 Å². The van der Waals surface area contributed by atoms with Crippen molar-refractivity contribution < 1.29 is 0 Å². The molecule has 0 spiro atoms. The Kier molecular flexibility index (Phi) is 7.01. The maximum absolute atomic E-state index is 10.8. The molecule has 0 saturated heterocycles. The minimum atomic E-state index is 0.443. The smallest absolute Gasteiger partial charge is 0.0995 e. The maximum Gasteiger partial charge on any atom is 0.0995 e. The quantitative estimate of drug-likeness (QED) is 0.180. The van der Waals surface area contributed by atoms with Crippen molar-refractivity contribution in [1.29, 1.82) is 10.5 Å². The third-order valence-corrected chi connectivity index (χ3v) is 15.2. The maximum atomic E-state index is 10.8. The fourth-order valence-corrected chi connectivity index (χ4v) is 12.8. The summed E-state index contributed by atoms with van der Waals surface area (Å²) in [6.07, 6.45) is 9.42. The Balaban J connectivity index is 1.24. The zero-order chi connectivity index (χ0) is 38.9. The Labute approximate surface area is 344 Å². The lowest BCUT2D eigenvalue weighted by molar-refractivity contribution is 0.360. The van der Waals surface area contributed by atoms with Gasteiger partial charge in [-0.05, 0) is 178 Å². The predicted molar refractivity (Wildman–Crippen MR) is 240 cm³/mol. The van der Waals surface area contributed by atoms with Crippen molar-refractivity contribution in [3.8, 4) is 56.6 Å². The van der Waals surface area contributed by atoms with Crippen LogP contribution in [0.3, 0.4) is 0 Å². The van der Waals surface area contributed by atoms with Crippen molar-refractivity contribution in [1.82, 2.24) is 4.40 Å². The molecular formula is C56H41N3. The zero-order valence-electron chi connectivity index (χ0n) is 32.9. The second-order valence-electron chi connectivity index (χ2n) is 17.9. The molecular weight excluding hydrogens is 715 g/mol. The van der Waals surface area contributed by atoms with Gasteiger partial charge < -0.3 is 4.40 Å². The van der Waals surface area contributed by atoms with Crippen LogP contribution in [0.4, 0.5) is 0 Å². The second-order valence-corrected chi connectivity index (χ2v) is 17.9. The van der Waals surface area contributed by atoms with E-state index in [1.54, 1.807) is 0 Å². The van der Waals surface area contributed by atoms with Gasteiger partial charge in [0.15, 0.2) is 0 Å². The van der Waals surface area contributed by atoms with Gasteiger partial charge in [0.25, 0.3) is 0 Å². The average molecular weight is 756 g/mol. The number of fused-ring (bicyclic) bond motifs is 10. The van der Waals surface area contributed by atoms with Gasteiger partial charge in [0.2, 0.25) is 0 Å². The molecule has 6 aliphatic rings. The van der Waals surface area contributed by atoms with E-state index in [1.807, 2.05) is 0 Å². The lowest BCUT2D eigenvalue weighted by Crippen LogP contribution is -2.23. The van der Waals surface area contributed by atoms with Gasteiger partial charge in [-0.1, -0.05) is 91.0 Å². The van der Waals surface area contributed by atoms with E-state index in [0.717, 1.165) is 22.2 Å². The van der Waals surface area contributed by atoms with E-state index in [-0.39, 0.29) is 0 Å². The summed E-state index contributed by atoms with van der Waals surface area (Å²) in [4.78, 5) is 0. The van der Waals surface area contributed by atoms with Crippen LogP contribution in [-0.4, -0.2) is 4.40 Å². The Morgan fingerprint density at radius 1 is 0.407 bits per heavy atom. The van der Waals surface area contributed by atoms with Crippen LogP contribution in [0.1, 0.15) is 108 Å². The number of hydrogen-bond acceptors (Lipinski definition) is 2. The van der Waals surface area contributed by atoms with Crippen LogP contribution >= 0.6 is 0 Å². The highest BCUT2D eigenvalue weighted by molar-refractivity contribution is 6.27. The van der Waals surface area contributed by atoms with Gasteiger partial charge >= 0.3 is 0 Å². The average Bonchev–Trinajstić information content (AvgIpc) is 3.84. The Bertz CT molecular complexity index is 3100. The molecule has 7 aromatic carbocycles. The van der Waals surface area contributed by atoms with Gasteiger partial charge in [-0.25, -0.2) is 0 Å². The second kappa shape index (κ2) is 12.4. The molecule has 2 aromatic heterocycles. The Morgan fingerprint density at radius 3 is 1.20 bits per heavy atom. The highest BCUT2D eigenvalue weighted by Crippen LogP contribution is 2.59. The van der Waals surface area contributed by atoms with E-state index in [4.69, 9.17) is 0 Å². The topological polar surface area (TPSA) is 52.0 Å². The van der Waals surface area contributed by atoms with Gasteiger partial charge in [-0.2, -0.15) is 10.5 Å². The molecule has 3 nitrogen and oxygen atoms in total. The minimum absolute atomic E-state index is 0.443. The molecule has 6 aliphatic carbocycles. The number of benzene rings is 7. The molecule has 0 atom stereocenters. The Hall–Kier alpha value is -6.68. The van der Waals surface area contributed by atoms with Gasteiger partial charge in [-0.3, -0.25) is 0 Å². The van der Waals surface area contributed by atoms with Crippen LogP contribution in [0.2, 0.25) is 0 Å². The summed E-state index contributed by atoms with van der Waals surface area (Å²) >= 11 is 0. The largest absolute Gasteiger partial charge is 0.308 e. The molecule has 2 saturated carbocycles. The van der Waals surface area contributed by atoms with Gasteiger partial charge in [0.1, 0.15) is 0 Å². The number of nitrogens with zero attached hydrogens (tertiary/aromatic N) is 3. The van der Waals surface area contributed by atoms with Gasteiger partial charge in [0, 0.05) is 21.5 Å². The highest BCUT2D eigenvalue weighted by atomic mass is 14.9. The normalized spacial score (nSPS) is 20.3. The van der Waals surface area contributed by atoms with Crippen molar-refractivity contribution in [2.45, 2.75) is 75.0 Å². The first kappa shape index (κ1) is 33.3. The lowest BCUT2D eigenvalue weighted by atomic mass is 9.64. The van der Waals surface area contributed by atoms with Crippen LogP contribution in [0.5, 0.6) is 0 Å². The zero-order valence-corrected chi connectivity index (χ0v) is 32.9. The lowest BCUT2D eigenvalue weighted by Gasteiger charge is -2.39. The molecule has 0 amide bonds. The molecule has 0 unspecified atom stereocenters. The number of aromatic nitrogens is 1. The van der Waals surface area contributed by atoms with Crippen molar-refractivity contribution in [2.24, 2.45) is 0 Å². The first-order chi connectivity index (χ1) is 29.2. The molecule has 0 aliphatic heterocycles. The van der Waals surface area contributed by atoms with Gasteiger partial charge in [-0.15, -0.1) is 0 Å². The first-order valence-electron chi connectivity index (χ1n) is 21.7. The van der Waals surface area contributed by atoms with E-state index in [1.165, 1.54) is 145 Å². The molecule has 3 heteroatoms. The molecule has 9 aromatic rings. The van der Waals surface area contributed by atoms with E-state index in [2.05, 4.69) is 144 Å². The SMILES string of the molecule is N#Cc1cc2c(c3c1C1CCC3CC1)c1cc(-c3c(-c4ccccc4)cc(-c4ccccc4)cc3-c3ccccc3)cc3c4c5c(c(C#N)cc4n2c13)C1CCC5CC1. The van der Waals surface area contributed by atoms with Crippen molar-refractivity contribution in [2.75, 3.05) is 0 Å². The van der Waals surface area contributed by atoms with Crippen molar-refractivity contribution in [3.63, 3.8) is 0 Å². The number of nitriles is 2. The fraction of sp³-hybridized carbons (Fsp3) is 0.214. The molecule has 59 heavy (non-hydrogen) atoms. The molecule has 4 bridgehead atoms. The molecule has 2 heterocycles. The summed E-state index contributed by atoms with van der Waals surface area (Å²) in [5, 5.41) is 26.9. The van der Waals surface area contributed by atoms with E-state index < -0.39 is 0 Å². The molecule has 0 N–H and O–H groups in total. The van der Waals surface area contributed by atoms with E-state index in [0.29, 0.717) is 23.7 Å². The summed E-state index contributed by atoms with van der Waals surface area (Å²) in [5.74, 6) is 1.79. The summed E-state index contributed by atoms with van der Waals surface area (Å²) in [5.41, 5.74) is 20.4. The van der Waals surface area contributed by atoms with Crippen LogP contribution < -0.4 is 0 Å². The molecule has 0 radical (unpaired) electrons. The van der Waals surface area contributed by atoms with E-state index >= 15 is 0 Å². The number of hydrogen-bond donors (Lipinski definition) is 0. The summed E-state index contributed by atoms with van der Waals surface area (Å²) in [7, 11) is 0. The summed E-state index contributed by atoms with van der Waals surface area (Å²) < 4.78 is 2.49. The fourth-order valence-electron chi connectivity index (χ4n) is 12.8. The highest BCUT2D eigenvalue weighted by Gasteiger charge is 2.40.